The molecular weight excluding hydrogens is 384 g/mol. The van der Waals surface area contributed by atoms with Crippen molar-refractivity contribution < 1.29 is 9.53 Å². The van der Waals surface area contributed by atoms with Crippen molar-refractivity contribution in [2.75, 3.05) is 7.11 Å². The lowest BCUT2D eigenvalue weighted by Gasteiger charge is -2.18. The van der Waals surface area contributed by atoms with E-state index in [1.54, 1.807) is 22.8 Å². The molecule has 0 spiro atoms. The topological polar surface area (TPSA) is 61.2 Å². The van der Waals surface area contributed by atoms with Crippen molar-refractivity contribution in [1.82, 2.24) is 9.55 Å². The zero-order valence-electron chi connectivity index (χ0n) is 15.0. The Labute approximate surface area is 166 Å². The van der Waals surface area contributed by atoms with Gasteiger partial charge in [-0.25, -0.2) is 4.98 Å². The molecule has 3 aromatic rings. The summed E-state index contributed by atoms with van der Waals surface area (Å²) in [7, 11) is 1.35. The molecule has 0 fully saturated rings. The van der Waals surface area contributed by atoms with Gasteiger partial charge in [0.15, 0.2) is 5.16 Å². The van der Waals surface area contributed by atoms with Crippen molar-refractivity contribution >= 4 is 40.2 Å². The summed E-state index contributed by atoms with van der Waals surface area (Å²) in [4.78, 5) is 30.0. The molecule has 2 aromatic carbocycles. The third-order valence-corrected chi connectivity index (χ3v) is 5.53. The summed E-state index contributed by atoms with van der Waals surface area (Å²) in [5.74, 6) is -0.394. The zero-order chi connectivity index (χ0) is 19.4. The predicted molar refractivity (Wildman–Crippen MR) is 108 cm³/mol. The number of nitrogens with zero attached hydrogens (tertiary/aromatic N) is 2. The van der Waals surface area contributed by atoms with Crippen LogP contribution in [-0.4, -0.2) is 22.6 Å². The van der Waals surface area contributed by atoms with Crippen LogP contribution in [-0.2, 0) is 16.1 Å². The van der Waals surface area contributed by atoms with Crippen LogP contribution in [0.1, 0.15) is 24.2 Å². The average molecular weight is 403 g/mol. The molecule has 27 heavy (non-hydrogen) atoms. The first-order valence-electron chi connectivity index (χ1n) is 8.54. The Morgan fingerprint density at radius 2 is 2.00 bits per heavy atom. The van der Waals surface area contributed by atoms with Gasteiger partial charge in [0.1, 0.15) is 5.25 Å². The summed E-state index contributed by atoms with van der Waals surface area (Å²) in [6.07, 6.45) is 0.766. The summed E-state index contributed by atoms with van der Waals surface area (Å²) in [5.41, 5.74) is 1.16. The van der Waals surface area contributed by atoms with Gasteiger partial charge in [0.05, 0.1) is 18.0 Å². The summed E-state index contributed by atoms with van der Waals surface area (Å²) in [6, 6.07) is 14.3. The van der Waals surface area contributed by atoms with Crippen molar-refractivity contribution in [1.29, 1.82) is 0 Å². The molecule has 0 aliphatic heterocycles. The van der Waals surface area contributed by atoms with E-state index in [1.807, 2.05) is 37.3 Å². The van der Waals surface area contributed by atoms with Crippen molar-refractivity contribution in [3.63, 3.8) is 0 Å². The van der Waals surface area contributed by atoms with E-state index in [0.717, 1.165) is 12.0 Å². The largest absolute Gasteiger partial charge is 0.468 e. The van der Waals surface area contributed by atoms with Crippen LogP contribution in [0.3, 0.4) is 0 Å². The average Bonchev–Trinajstić information content (AvgIpc) is 2.68. The Kier molecular flexibility index (Phi) is 6.19. The number of halogens is 1. The van der Waals surface area contributed by atoms with E-state index >= 15 is 0 Å². The highest BCUT2D eigenvalue weighted by Gasteiger charge is 2.25. The minimum absolute atomic E-state index is 0.141. The molecule has 0 N–H and O–H groups in total. The number of carbonyl (C=O) groups is 1. The third kappa shape index (κ3) is 4.17. The molecule has 3 rings (SSSR count). The molecule has 0 aliphatic rings. The Bertz CT molecular complexity index is 1020. The van der Waals surface area contributed by atoms with Gasteiger partial charge in [-0.3, -0.25) is 14.2 Å². The van der Waals surface area contributed by atoms with Crippen LogP contribution >= 0.6 is 23.4 Å². The first-order valence-corrected chi connectivity index (χ1v) is 9.80. The van der Waals surface area contributed by atoms with Crippen molar-refractivity contribution in [2.45, 2.75) is 30.3 Å². The van der Waals surface area contributed by atoms with Gasteiger partial charge in [-0.1, -0.05) is 60.6 Å². The number of fused-ring (bicyclic) bond motifs is 1. The fraction of sp³-hybridized carbons (Fsp3) is 0.250. The number of thioether (sulfide) groups is 1. The Morgan fingerprint density at radius 3 is 2.67 bits per heavy atom. The lowest BCUT2D eigenvalue weighted by Crippen LogP contribution is -2.24. The lowest BCUT2D eigenvalue weighted by molar-refractivity contribution is -0.140. The maximum Gasteiger partial charge on any atom is 0.323 e. The highest BCUT2D eigenvalue weighted by molar-refractivity contribution is 8.00. The molecule has 140 valence electrons. The third-order valence-electron chi connectivity index (χ3n) is 4.07. The van der Waals surface area contributed by atoms with Gasteiger partial charge in [-0.15, -0.1) is 0 Å². The van der Waals surface area contributed by atoms with Crippen molar-refractivity contribution in [3.8, 4) is 0 Å². The number of hydrogen-bond donors (Lipinski definition) is 0. The van der Waals surface area contributed by atoms with Crippen LogP contribution in [0.5, 0.6) is 0 Å². The van der Waals surface area contributed by atoms with Gasteiger partial charge >= 0.3 is 5.97 Å². The van der Waals surface area contributed by atoms with Gasteiger partial charge in [-0.05, 0) is 30.2 Å². The normalized spacial score (nSPS) is 12.1. The maximum atomic E-state index is 13.0. The number of hydrogen-bond acceptors (Lipinski definition) is 5. The second-order valence-electron chi connectivity index (χ2n) is 5.94. The van der Waals surface area contributed by atoms with Crippen LogP contribution in [0.15, 0.2) is 58.5 Å². The van der Waals surface area contributed by atoms with Gasteiger partial charge in [0.25, 0.3) is 5.56 Å². The molecule has 1 unspecified atom stereocenters. The number of methoxy groups -OCH3 is 1. The molecule has 0 radical (unpaired) electrons. The van der Waals surface area contributed by atoms with E-state index in [1.165, 1.54) is 18.9 Å². The van der Waals surface area contributed by atoms with E-state index in [4.69, 9.17) is 16.3 Å². The van der Waals surface area contributed by atoms with E-state index < -0.39 is 11.2 Å². The van der Waals surface area contributed by atoms with Crippen LogP contribution in [0, 0.1) is 0 Å². The fourth-order valence-corrected chi connectivity index (χ4v) is 4.09. The molecule has 0 saturated heterocycles. The first kappa shape index (κ1) is 19.5. The molecule has 0 aliphatic carbocycles. The Balaban J connectivity index is 2.14. The summed E-state index contributed by atoms with van der Waals surface area (Å²) in [6.45, 7) is 2.50. The number of aromatic nitrogens is 2. The van der Waals surface area contributed by atoms with Crippen molar-refractivity contribution in [3.05, 3.63) is 69.5 Å². The van der Waals surface area contributed by atoms with Crippen LogP contribution in [0.2, 0.25) is 5.02 Å². The number of carbonyl (C=O) groups excluding carboxylic acids is 1. The lowest BCUT2D eigenvalue weighted by atomic mass is 10.1. The molecule has 7 heteroatoms. The zero-order valence-corrected chi connectivity index (χ0v) is 16.6. The predicted octanol–water partition coefficient (Wildman–Crippen LogP) is 4.47. The fourth-order valence-electron chi connectivity index (χ4n) is 2.78. The molecular formula is C20H19ClN2O3S. The van der Waals surface area contributed by atoms with E-state index in [2.05, 4.69) is 4.98 Å². The SMILES string of the molecule is CCCn1c(SC(C(=O)OC)c2ccccc2)nc2cc(Cl)ccc2c1=O. The first-order chi connectivity index (χ1) is 13.0. The van der Waals surface area contributed by atoms with Gasteiger partial charge in [0.2, 0.25) is 0 Å². The van der Waals surface area contributed by atoms with E-state index in [0.29, 0.717) is 27.6 Å². The summed E-state index contributed by atoms with van der Waals surface area (Å²) in [5, 5.41) is 0.858. The molecule has 1 heterocycles. The highest BCUT2D eigenvalue weighted by atomic mass is 35.5. The van der Waals surface area contributed by atoms with Crippen LogP contribution in [0.4, 0.5) is 0 Å². The van der Waals surface area contributed by atoms with Gasteiger partial charge in [-0.2, -0.15) is 0 Å². The minimum atomic E-state index is -0.622. The summed E-state index contributed by atoms with van der Waals surface area (Å²) >= 11 is 7.28. The molecule has 0 amide bonds. The second kappa shape index (κ2) is 8.59. The standard InChI is InChI=1S/C20H19ClN2O3S/c1-3-11-23-18(24)15-10-9-14(21)12-16(15)22-20(23)27-17(19(25)26-2)13-7-5-4-6-8-13/h4-10,12,17H,3,11H2,1-2H3. The number of ether oxygens (including phenoxy) is 1. The number of rotatable bonds is 6. The van der Waals surface area contributed by atoms with E-state index in [-0.39, 0.29) is 5.56 Å². The molecule has 5 nitrogen and oxygen atoms in total. The Morgan fingerprint density at radius 1 is 1.26 bits per heavy atom. The quantitative estimate of drug-likeness (QED) is 0.346. The van der Waals surface area contributed by atoms with Gasteiger partial charge < -0.3 is 4.74 Å². The highest BCUT2D eigenvalue weighted by Crippen LogP contribution is 2.35. The molecule has 1 aromatic heterocycles. The minimum Gasteiger partial charge on any atom is -0.468 e. The Hall–Kier alpha value is -2.31. The second-order valence-corrected chi connectivity index (χ2v) is 7.45. The summed E-state index contributed by atoms with van der Waals surface area (Å²) < 4.78 is 6.59. The van der Waals surface area contributed by atoms with Crippen LogP contribution < -0.4 is 5.56 Å². The molecule has 0 bridgehead atoms. The number of esters is 1. The number of benzene rings is 2. The van der Waals surface area contributed by atoms with Gasteiger partial charge in [0, 0.05) is 11.6 Å². The van der Waals surface area contributed by atoms with Crippen molar-refractivity contribution in [2.24, 2.45) is 0 Å². The monoisotopic (exact) mass is 402 g/mol. The maximum absolute atomic E-state index is 13.0. The molecule has 1 atom stereocenters. The van der Waals surface area contributed by atoms with E-state index in [9.17, 15) is 9.59 Å². The molecule has 0 saturated carbocycles. The smallest absolute Gasteiger partial charge is 0.323 e. The van der Waals surface area contributed by atoms with Crippen LogP contribution in [0.25, 0.3) is 10.9 Å².